The first-order valence-corrected chi connectivity index (χ1v) is 8.88. The standard InChI is InChI=1S/C16H24O4S/c1-6-20-16-8-7-14(12(4)17)9-15(16)10-21(18,19)13(5)11(2)3/h7-9,11,13H,6,10H2,1-5H3. The fraction of sp³-hybridized carbons (Fsp3) is 0.562. The molecule has 0 N–H and O–H groups in total. The summed E-state index contributed by atoms with van der Waals surface area (Å²) in [5.74, 6) is 0.375. The number of carbonyl (C=O) groups is 1. The third kappa shape index (κ3) is 4.56. The summed E-state index contributed by atoms with van der Waals surface area (Å²) < 4.78 is 30.4. The Labute approximate surface area is 127 Å². The van der Waals surface area contributed by atoms with Gasteiger partial charge in [0.2, 0.25) is 0 Å². The summed E-state index contributed by atoms with van der Waals surface area (Å²) in [5.41, 5.74) is 1.05. The summed E-state index contributed by atoms with van der Waals surface area (Å²) in [6.07, 6.45) is 0. The third-order valence-electron chi connectivity index (χ3n) is 3.63. The van der Waals surface area contributed by atoms with E-state index < -0.39 is 15.1 Å². The van der Waals surface area contributed by atoms with Gasteiger partial charge in [0.25, 0.3) is 0 Å². The number of ether oxygens (including phenoxy) is 1. The summed E-state index contributed by atoms with van der Waals surface area (Å²) in [6, 6.07) is 4.96. The molecule has 0 aliphatic carbocycles. The predicted molar refractivity (Wildman–Crippen MR) is 84.5 cm³/mol. The molecule has 0 bridgehead atoms. The van der Waals surface area contributed by atoms with Gasteiger partial charge in [-0.05, 0) is 44.9 Å². The monoisotopic (exact) mass is 312 g/mol. The molecule has 0 saturated heterocycles. The molecule has 0 aromatic heterocycles. The molecule has 4 nitrogen and oxygen atoms in total. The second kappa shape index (κ2) is 7.07. The normalized spacial score (nSPS) is 13.2. The lowest BCUT2D eigenvalue weighted by molar-refractivity contribution is 0.101. The first-order chi connectivity index (χ1) is 9.69. The number of hydrogen-bond acceptors (Lipinski definition) is 4. The molecular weight excluding hydrogens is 288 g/mol. The molecule has 0 aliphatic rings. The van der Waals surface area contributed by atoms with Gasteiger partial charge in [0.05, 0.1) is 17.6 Å². The molecule has 118 valence electrons. The van der Waals surface area contributed by atoms with E-state index in [1.54, 1.807) is 25.1 Å². The van der Waals surface area contributed by atoms with Crippen LogP contribution in [0.3, 0.4) is 0 Å². The van der Waals surface area contributed by atoms with E-state index in [0.29, 0.717) is 23.5 Å². The van der Waals surface area contributed by atoms with E-state index >= 15 is 0 Å². The molecule has 0 amide bonds. The Bertz CT molecular complexity index is 603. The summed E-state index contributed by atoms with van der Waals surface area (Å²) >= 11 is 0. The highest BCUT2D eigenvalue weighted by molar-refractivity contribution is 7.91. The van der Waals surface area contributed by atoms with Crippen LogP contribution in [-0.2, 0) is 15.6 Å². The SMILES string of the molecule is CCOc1ccc(C(C)=O)cc1CS(=O)(=O)C(C)C(C)C. The smallest absolute Gasteiger partial charge is 0.159 e. The maximum Gasteiger partial charge on any atom is 0.159 e. The van der Waals surface area contributed by atoms with Crippen molar-refractivity contribution in [2.75, 3.05) is 6.61 Å². The average Bonchev–Trinajstić information content (AvgIpc) is 2.39. The molecule has 1 aromatic rings. The average molecular weight is 312 g/mol. The Kier molecular flexibility index (Phi) is 5.96. The molecule has 21 heavy (non-hydrogen) atoms. The topological polar surface area (TPSA) is 60.4 Å². The lowest BCUT2D eigenvalue weighted by atomic mass is 10.1. The number of hydrogen-bond donors (Lipinski definition) is 0. The van der Waals surface area contributed by atoms with Crippen LogP contribution in [0.15, 0.2) is 18.2 Å². The second-order valence-corrected chi connectivity index (χ2v) is 7.93. The van der Waals surface area contributed by atoms with Crippen molar-refractivity contribution in [3.63, 3.8) is 0 Å². The zero-order chi connectivity index (χ0) is 16.2. The molecule has 0 heterocycles. The predicted octanol–water partition coefficient (Wildman–Crippen LogP) is 3.25. The maximum absolute atomic E-state index is 12.4. The number of ketones is 1. The van der Waals surface area contributed by atoms with Crippen LogP contribution in [0, 0.1) is 5.92 Å². The van der Waals surface area contributed by atoms with Gasteiger partial charge in [-0.3, -0.25) is 4.79 Å². The Morgan fingerprint density at radius 3 is 2.33 bits per heavy atom. The van der Waals surface area contributed by atoms with Gasteiger partial charge >= 0.3 is 0 Å². The lowest BCUT2D eigenvalue weighted by Crippen LogP contribution is -2.25. The molecular formula is C16H24O4S. The van der Waals surface area contributed by atoms with Crippen LogP contribution in [0.5, 0.6) is 5.75 Å². The van der Waals surface area contributed by atoms with Gasteiger partial charge in [-0.15, -0.1) is 0 Å². The van der Waals surface area contributed by atoms with E-state index in [-0.39, 0.29) is 17.5 Å². The zero-order valence-corrected chi connectivity index (χ0v) is 14.2. The minimum atomic E-state index is -3.29. The number of rotatable bonds is 7. The molecule has 1 atom stereocenters. The summed E-state index contributed by atoms with van der Waals surface area (Å²) in [6.45, 7) is 9.25. The first-order valence-electron chi connectivity index (χ1n) is 7.17. The van der Waals surface area contributed by atoms with Gasteiger partial charge in [-0.1, -0.05) is 13.8 Å². The fourth-order valence-corrected chi connectivity index (χ4v) is 3.72. The van der Waals surface area contributed by atoms with Crippen LogP contribution in [0.1, 0.15) is 50.5 Å². The van der Waals surface area contributed by atoms with Crippen LogP contribution < -0.4 is 4.74 Å². The molecule has 0 saturated carbocycles. The number of carbonyl (C=O) groups excluding carboxylic acids is 1. The third-order valence-corrected chi connectivity index (χ3v) is 6.02. The van der Waals surface area contributed by atoms with Crippen molar-refractivity contribution in [2.24, 2.45) is 5.92 Å². The Morgan fingerprint density at radius 2 is 1.86 bits per heavy atom. The van der Waals surface area contributed by atoms with Crippen LogP contribution in [-0.4, -0.2) is 26.1 Å². The van der Waals surface area contributed by atoms with E-state index in [2.05, 4.69) is 0 Å². The van der Waals surface area contributed by atoms with E-state index in [9.17, 15) is 13.2 Å². The molecule has 1 unspecified atom stereocenters. The van der Waals surface area contributed by atoms with Crippen molar-refractivity contribution < 1.29 is 17.9 Å². The molecule has 5 heteroatoms. The van der Waals surface area contributed by atoms with Crippen LogP contribution in [0.2, 0.25) is 0 Å². The van der Waals surface area contributed by atoms with Crippen molar-refractivity contribution in [2.45, 2.75) is 45.6 Å². The van der Waals surface area contributed by atoms with Gasteiger partial charge < -0.3 is 4.74 Å². The van der Waals surface area contributed by atoms with Crippen LogP contribution >= 0.6 is 0 Å². The van der Waals surface area contributed by atoms with Crippen molar-refractivity contribution >= 4 is 15.6 Å². The van der Waals surface area contributed by atoms with Gasteiger partial charge in [0.15, 0.2) is 15.6 Å². The summed E-state index contributed by atoms with van der Waals surface area (Å²) in [5, 5.41) is -0.437. The number of Topliss-reactive ketones (excluding diaryl/α,β-unsaturated/α-hetero) is 1. The Balaban J connectivity index is 3.21. The highest BCUT2D eigenvalue weighted by Crippen LogP contribution is 2.26. The highest BCUT2D eigenvalue weighted by atomic mass is 32.2. The largest absolute Gasteiger partial charge is 0.494 e. The lowest BCUT2D eigenvalue weighted by Gasteiger charge is -2.18. The summed E-state index contributed by atoms with van der Waals surface area (Å²) in [4.78, 5) is 11.5. The molecule has 0 radical (unpaired) electrons. The van der Waals surface area contributed by atoms with E-state index in [1.807, 2.05) is 20.8 Å². The fourth-order valence-electron chi connectivity index (χ4n) is 1.97. The van der Waals surface area contributed by atoms with Crippen LogP contribution in [0.4, 0.5) is 0 Å². The van der Waals surface area contributed by atoms with E-state index in [4.69, 9.17) is 4.74 Å². The van der Waals surface area contributed by atoms with Crippen molar-refractivity contribution in [1.82, 2.24) is 0 Å². The molecule has 0 spiro atoms. The minimum Gasteiger partial charge on any atom is -0.494 e. The molecule has 0 aliphatic heterocycles. The molecule has 0 fully saturated rings. The number of sulfone groups is 1. The molecule has 1 rings (SSSR count). The Morgan fingerprint density at radius 1 is 1.24 bits per heavy atom. The number of benzene rings is 1. The van der Waals surface area contributed by atoms with Gasteiger partial charge in [-0.2, -0.15) is 0 Å². The van der Waals surface area contributed by atoms with Crippen molar-refractivity contribution in [3.8, 4) is 5.75 Å². The molecule has 1 aromatic carbocycles. The zero-order valence-electron chi connectivity index (χ0n) is 13.3. The van der Waals surface area contributed by atoms with Crippen LogP contribution in [0.25, 0.3) is 0 Å². The van der Waals surface area contributed by atoms with Gasteiger partial charge in [0.1, 0.15) is 5.75 Å². The minimum absolute atomic E-state index is 0.0431. The Hall–Kier alpha value is -1.36. The van der Waals surface area contributed by atoms with Crippen molar-refractivity contribution in [3.05, 3.63) is 29.3 Å². The van der Waals surface area contributed by atoms with Gasteiger partial charge in [0, 0.05) is 11.1 Å². The summed E-state index contributed by atoms with van der Waals surface area (Å²) in [7, 11) is -3.29. The highest BCUT2D eigenvalue weighted by Gasteiger charge is 2.25. The first kappa shape index (κ1) is 17.7. The van der Waals surface area contributed by atoms with E-state index in [0.717, 1.165) is 0 Å². The van der Waals surface area contributed by atoms with Crippen molar-refractivity contribution in [1.29, 1.82) is 0 Å². The maximum atomic E-state index is 12.4. The van der Waals surface area contributed by atoms with Gasteiger partial charge in [-0.25, -0.2) is 8.42 Å². The quantitative estimate of drug-likeness (QED) is 0.725. The second-order valence-electron chi connectivity index (χ2n) is 5.57. The van der Waals surface area contributed by atoms with E-state index in [1.165, 1.54) is 6.92 Å².